The lowest BCUT2D eigenvalue weighted by atomic mass is 10.0. The van der Waals surface area contributed by atoms with E-state index in [0.29, 0.717) is 35.6 Å². The average Bonchev–Trinajstić information content (AvgIpc) is 2.62. The number of ether oxygens (including phenoxy) is 2. The van der Waals surface area contributed by atoms with Gasteiger partial charge in [0.2, 0.25) is 0 Å². The third kappa shape index (κ3) is 4.05. The van der Waals surface area contributed by atoms with Crippen molar-refractivity contribution in [3.8, 4) is 17.6 Å². The van der Waals surface area contributed by atoms with Crippen molar-refractivity contribution in [2.75, 3.05) is 20.8 Å². The molecule has 5 nitrogen and oxygen atoms in total. The molecule has 2 aromatic carbocycles. The van der Waals surface area contributed by atoms with Crippen LogP contribution in [0.5, 0.6) is 11.5 Å². The lowest BCUT2D eigenvalue weighted by Gasteiger charge is -2.13. The molecule has 1 amide bonds. The van der Waals surface area contributed by atoms with Gasteiger partial charge < -0.3 is 14.8 Å². The standard InChI is InChI=1S/C19H20N2O3/c1-13-9-17(23-2)18(24-3)11-15(13)7-8-21-19(22)16-6-4-5-14(10-16)12-20/h4-6,9-11H,7-8H2,1-3H3,(H,21,22). The van der Waals surface area contributed by atoms with Gasteiger partial charge in [-0.2, -0.15) is 5.26 Å². The number of nitriles is 1. The number of aryl methyl sites for hydroxylation is 1. The average molecular weight is 324 g/mol. The van der Waals surface area contributed by atoms with Crippen molar-refractivity contribution >= 4 is 5.91 Å². The third-order valence-electron chi connectivity index (χ3n) is 3.78. The van der Waals surface area contributed by atoms with Gasteiger partial charge in [0, 0.05) is 12.1 Å². The number of hydrogen-bond donors (Lipinski definition) is 1. The Bertz CT molecular complexity index is 779. The summed E-state index contributed by atoms with van der Waals surface area (Å²) in [7, 11) is 3.20. The van der Waals surface area contributed by atoms with Crippen LogP contribution in [0, 0.1) is 18.3 Å². The number of rotatable bonds is 6. The van der Waals surface area contributed by atoms with Gasteiger partial charge in [-0.3, -0.25) is 4.79 Å². The maximum atomic E-state index is 12.1. The Morgan fingerprint density at radius 1 is 1.17 bits per heavy atom. The van der Waals surface area contributed by atoms with Crippen LogP contribution in [-0.2, 0) is 6.42 Å². The Hall–Kier alpha value is -3.00. The highest BCUT2D eigenvalue weighted by Crippen LogP contribution is 2.30. The lowest BCUT2D eigenvalue weighted by Crippen LogP contribution is -2.25. The maximum Gasteiger partial charge on any atom is 0.251 e. The van der Waals surface area contributed by atoms with E-state index < -0.39 is 0 Å². The number of nitrogens with one attached hydrogen (secondary N) is 1. The quantitative estimate of drug-likeness (QED) is 0.887. The van der Waals surface area contributed by atoms with Crippen molar-refractivity contribution in [3.63, 3.8) is 0 Å². The summed E-state index contributed by atoms with van der Waals surface area (Å²) in [6, 6.07) is 12.5. The molecule has 0 aliphatic heterocycles. The van der Waals surface area contributed by atoms with Gasteiger partial charge in [0.15, 0.2) is 11.5 Å². The molecule has 2 rings (SSSR count). The van der Waals surface area contributed by atoms with Crippen LogP contribution in [0.25, 0.3) is 0 Å². The van der Waals surface area contributed by atoms with E-state index in [2.05, 4.69) is 5.32 Å². The van der Waals surface area contributed by atoms with Crippen LogP contribution in [0.2, 0.25) is 0 Å². The minimum atomic E-state index is -0.190. The summed E-state index contributed by atoms with van der Waals surface area (Å²) in [5, 5.41) is 11.8. The van der Waals surface area contributed by atoms with Crippen molar-refractivity contribution < 1.29 is 14.3 Å². The molecule has 0 saturated carbocycles. The van der Waals surface area contributed by atoms with Crippen LogP contribution in [0.15, 0.2) is 36.4 Å². The zero-order chi connectivity index (χ0) is 17.5. The van der Waals surface area contributed by atoms with Gasteiger partial charge in [0.1, 0.15) is 0 Å². The molecule has 0 spiro atoms. The van der Waals surface area contributed by atoms with Gasteiger partial charge in [-0.1, -0.05) is 6.07 Å². The number of methoxy groups -OCH3 is 2. The predicted octanol–water partition coefficient (Wildman–Crippen LogP) is 2.86. The van der Waals surface area contributed by atoms with Crippen molar-refractivity contribution in [1.82, 2.24) is 5.32 Å². The molecule has 1 N–H and O–H groups in total. The van der Waals surface area contributed by atoms with E-state index >= 15 is 0 Å². The molecule has 0 saturated heterocycles. The lowest BCUT2D eigenvalue weighted by molar-refractivity contribution is 0.0954. The summed E-state index contributed by atoms with van der Waals surface area (Å²) in [6.45, 7) is 2.49. The summed E-state index contributed by atoms with van der Waals surface area (Å²) in [5.41, 5.74) is 3.11. The van der Waals surface area contributed by atoms with Gasteiger partial charge in [-0.25, -0.2) is 0 Å². The number of benzene rings is 2. The van der Waals surface area contributed by atoms with E-state index in [-0.39, 0.29) is 5.91 Å². The summed E-state index contributed by atoms with van der Waals surface area (Å²) in [5.74, 6) is 1.17. The number of nitrogens with zero attached hydrogens (tertiary/aromatic N) is 1. The number of amides is 1. The van der Waals surface area contributed by atoms with E-state index in [1.165, 1.54) is 0 Å². The van der Waals surface area contributed by atoms with Crippen LogP contribution in [0.3, 0.4) is 0 Å². The Labute approximate surface area is 141 Å². The van der Waals surface area contributed by atoms with E-state index in [1.54, 1.807) is 38.5 Å². The zero-order valence-corrected chi connectivity index (χ0v) is 14.1. The van der Waals surface area contributed by atoms with E-state index in [0.717, 1.165) is 11.1 Å². The highest BCUT2D eigenvalue weighted by Gasteiger charge is 2.10. The summed E-state index contributed by atoms with van der Waals surface area (Å²) in [6.07, 6.45) is 0.676. The van der Waals surface area contributed by atoms with Crippen LogP contribution in [0.1, 0.15) is 27.0 Å². The molecule has 2 aromatic rings. The SMILES string of the molecule is COc1cc(C)c(CCNC(=O)c2cccc(C#N)c2)cc1OC. The van der Waals surface area contributed by atoms with E-state index in [4.69, 9.17) is 14.7 Å². The Balaban J connectivity index is 2.01. The van der Waals surface area contributed by atoms with Crippen LogP contribution < -0.4 is 14.8 Å². The van der Waals surface area contributed by atoms with Crippen molar-refractivity contribution in [2.24, 2.45) is 0 Å². The van der Waals surface area contributed by atoms with Gasteiger partial charge in [-0.15, -0.1) is 0 Å². The molecule has 0 radical (unpaired) electrons. The highest BCUT2D eigenvalue weighted by atomic mass is 16.5. The zero-order valence-electron chi connectivity index (χ0n) is 14.1. The molecule has 124 valence electrons. The molecule has 0 aliphatic rings. The molecule has 0 aromatic heterocycles. The van der Waals surface area contributed by atoms with Gasteiger partial charge >= 0.3 is 0 Å². The molecule has 5 heteroatoms. The van der Waals surface area contributed by atoms with Crippen molar-refractivity contribution in [3.05, 3.63) is 58.7 Å². The fraction of sp³-hybridized carbons (Fsp3) is 0.263. The summed E-state index contributed by atoms with van der Waals surface area (Å²) in [4.78, 5) is 12.1. The van der Waals surface area contributed by atoms with Crippen LogP contribution in [-0.4, -0.2) is 26.7 Å². The first-order valence-corrected chi connectivity index (χ1v) is 7.59. The molecule has 0 bridgehead atoms. The molecular weight excluding hydrogens is 304 g/mol. The largest absolute Gasteiger partial charge is 0.493 e. The molecule has 0 unspecified atom stereocenters. The first-order chi connectivity index (χ1) is 11.6. The van der Waals surface area contributed by atoms with Gasteiger partial charge in [0.25, 0.3) is 5.91 Å². The Morgan fingerprint density at radius 3 is 2.54 bits per heavy atom. The number of hydrogen-bond acceptors (Lipinski definition) is 4. The van der Waals surface area contributed by atoms with Gasteiger partial charge in [-0.05, 0) is 54.8 Å². The summed E-state index contributed by atoms with van der Waals surface area (Å²) < 4.78 is 10.6. The maximum absolute atomic E-state index is 12.1. The Morgan fingerprint density at radius 2 is 1.88 bits per heavy atom. The topological polar surface area (TPSA) is 71.3 Å². The highest BCUT2D eigenvalue weighted by molar-refractivity contribution is 5.94. The molecule has 0 aliphatic carbocycles. The second kappa shape index (κ2) is 8.02. The first-order valence-electron chi connectivity index (χ1n) is 7.59. The minimum absolute atomic E-state index is 0.190. The Kier molecular flexibility index (Phi) is 5.80. The predicted molar refractivity (Wildman–Crippen MR) is 91.5 cm³/mol. The number of carbonyl (C=O) groups excluding carboxylic acids is 1. The monoisotopic (exact) mass is 324 g/mol. The molecule has 24 heavy (non-hydrogen) atoms. The third-order valence-corrected chi connectivity index (χ3v) is 3.78. The fourth-order valence-electron chi connectivity index (χ4n) is 2.43. The molecular formula is C19H20N2O3. The minimum Gasteiger partial charge on any atom is -0.493 e. The van der Waals surface area contributed by atoms with Crippen molar-refractivity contribution in [1.29, 1.82) is 5.26 Å². The molecule has 0 heterocycles. The molecule has 0 fully saturated rings. The smallest absolute Gasteiger partial charge is 0.251 e. The molecule has 0 atom stereocenters. The van der Waals surface area contributed by atoms with Crippen molar-refractivity contribution in [2.45, 2.75) is 13.3 Å². The fourth-order valence-corrected chi connectivity index (χ4v) is 2.43. The second-order valence-electron chi connectivity index (χ2n) is 5.33. The van der Waals surface area contributed by atoms with Crippen LogP contribution >= 0.6 is 0 Å². The van der Waals surface area contributed by atoms with E-state index in [9.17, 15) is 4.79 Å². The van der Waals surface area contributed by atoms with Gasteiger partial charge in [0.05, 0.1) is 25.9 Å². The normalized spacial score (nSPS) is 9.92. The van der Waals surface area contributed by atoms with E-state index in [1.807, 2.05) is 25.1 Å². The number of carbonyl (C=O) groups is 1. The second-order valence-corrected chi connectivity index (χ2v) is 5.33. The van der Waals surface area contributed by atoms with Crippen LogP contribution in [0.4, 0.5) is 0 Å². The summed E-state index contributed by atoms with van der Waals surface area (Å²) >= 11 is 0. The first kappa shape index (κ1) is 17.4.